The Morgan fingerprint density at radius 2 is 2.08 bits per heavy atom. The summed E-state index contributed by atoms with van der Waals surface area (Å²) in [5.41, 5.74) is 3.03. The van der Waals surface area contributed by atoms with Crippen LogP contribution in [-0.4, -0.2) is 26.4 Å². The number of carbonyl (C=O) groups excluding carboxylic acids is 1. The molecule has 2 atom stereocenters. The van der Waals surface area contributed by atoms with E-state index in [4.69, 9.17) is 4.74 Å². The highest BCUT2D eigenvalue weighted by atomic mass is 32.2. The Morgan fingerprint density at radius 1 is 1.31 bits per heavy atom. The van der Waals surface area contributed by atoms with Gasteiger partial charge in [0.25, 0.3) is 0 Å². The van der Waals surface area contributed by atoms with Gasteiger partial charge < -0.3 is 14.6 Å². The van der Waals surface area contributed by atoms with Crippen molar-refractivity contribution in [3.63, 3.8) is 0 Å². The summed E-state index contributed by atoms with van der Waals surface area (Å²) >= 11 is 2.91. The molecule has 2 unspecified atom stereocenters. The summed E-state index contributed by atoms with van der Waals surface area (Å²) in [6, 6.07) is 10.4. The van der Waals surface area contributed by atoms with Crippen molar-refractivity contribution in [1.82, 2.24) is 14.8 Å². The van der Waals surface area contributed by atoms with Crippen LogP contribution in [-0.2, 0) is 30.6 Å². The number of amides is 1. The minimum Gasteiger partial charge on any atom is -0.483 e. The Balaban J connectivity index is 1.39. The van der Waals surface area contributed by atoms with Crippen LogP contribution in [0.5, 0.6) is 5.75 Å². The number of ether oxygens (including phenoxy) is 1. The zero-order valence-electron chi connectivity index (χ0n) is 21.3. The van der Waals surface area contributed by atoms with E-state index in [2.05, 4.69) is 47.6 Å². The number of benzene rings is 1. The number of nitrogens with one attached hydrogen (secondary N) is 1. The van der Waals surface area contributed by atoms with E-state index in [1.165, 1.54) is 22.2 Å². The van der Waals surface area contributed by atoms with Crippen LogP contribution in [0.25, 0.3) is 0 Å². The first kappa shape index (κ1) is 26.2. The van der Waals surface area contributed by atoms with Crippen LogP contribution in [0.15, 0.2) is 29.4 Å². The molecule has 2 heterocycles. The van der Waals surface area contributed by atoms with Crippen LogP contribution in [0, 0.1) is 17.2 Å². The van der Waals surface area contributed by atoms with Crippen LogP contribution in [0.4, 0.5) is 5.00 Å². The molecular formula is C27H33N5O2S2. The molecule has 0 bridgehead atoms. The summed E-state index contributed by atoms with van der Waals surface area (Å²) in [4.78, 5) is 14.1. The Hall–Kier alpha value is -2.83. The third-order valence-corrected chi connectivity index (χ3v) is 8.85. The van der Waals surface area contributed by atoms with Gasteiger partial charge in [0, 0.05) is 11.4 Å². The number of thioether (sulfide) groups is 1. The number of nitrogens with zero attached hydrogens (tertiary/aromatic N) is 4. The second-order valence-electron chi connectivity index (χ2n) is 9.02. The van der Waals surface area contributed by atoms with E-state index in [0.717, 1.165) is 49.2 Å². The molecule has 0 saturated carbocycles. The number of anilines is 1. The summed E-state index contributed by atoms with van der Waals surface area (Å²) in [5, 5.41) is 22.8. The molecule has 0 saturated heterocycles. The first-order valence-electron chi connectivity index (χ1n) is 12.6. The van der Waals surface area contributed by atoms with Crippen molar-refractivity contribution in [3.05, 3.63) is 51.7 Å². The third kappa shape index (κ3) is 5.76. The number of rotatable bonds is 10. The van der Waals surface area contributed by atoms with Gasteiger partial charge >= 0.3 is 0 Å². The Kier molecular flexibility index (Phi) is 8.70. The lowest BCUT2D eigenvalue weighted by molar-refractivity contribution is -0.113. The van der Waals surface area contributed by atoms with Crippen LogP contribution in [0.3, 0.4) is 0 Å². The summed E-state index contributed by atoms with van der Waals surface area (Å²) in [6.45, 7) is 8.99. The molecule has 190 valence electrons. The second-order valence-corrected chi connectivity index (χ2v) is 11.1. The molecular weight excluding hydrogens is 490 g/mol. The zero-order valence-corrected chi connectivity index (χ0v) is 23.0. The van der Waals surface area contributed by atoms with Gasteiger partial charge in [-0.15, -0.1) is 21.5 Å². The monoisotopic (exact) mass is 523 g/mol. The molecule has 1 aliphatic carbocycles. The number of aryl methyl sites for hydroxylation is 1. The molecule has 7 nitrogen and oxygen atoms in total. The number of nitriles is 1. The van der Waals surface area contributed by atoms with Gasteiger partial charge in [0.15, 0.2) is 17.1 Å². The Morgan fingerprint density at radius 3 is 2.75 bits per heavy atom. The lowest BCUT2D eigenvalue weighted by atomic mass is 9.86. The minimum atomic E-state index is -0.282. The zero-order chi connectivity index (χ0) is 25.7. The minimum absolute atomic E-state index is 0.144. The van der Waals surface area contributed by atoms with Crippen LogP contribution in [0.1, 0.15) is 74.0 Å². The predicted octanol–water partition coefficient (Wildman–Crippen LogP) is 6.18. The average molecular weight is 524 g/mol. The average Bonchev–Trinajstić information content (AvgIpc) is 3.47. The predicted molar refractivity (Wildman–Crippen MR) is 145 cm³/mol. The van der Waals surface area contributed by atoms with Gasteiger partial charge in [-0.25, -0.2) is 0 Å². The van der Waals surface area contributed by atoms with E-state index in [1.807, 2.05) is 30.5 Å². The van der Waals surface area contributed by atoms with E-state index in [9.17, 15) is 10.1 Å². The quantitative estimate of drug-likeness (QED) is 0.319. The van der Waals surface area contributed by atoms with Gasteiger partial charge in [-0.1, -0.05) is 44.2 Å². The highest BCUT2D eigenvalue weighted by Crippen LogP contribution is 2.40. The molecule has 1 aliphatic rings. The first-order chi connectivity index (χ1) is 17.5. The molecule has 36 heavy (non-hydrogen) atoms. The molecule has 2 aromatic heterocycles. The van der Waals surface area contributed by atoms with Crippen molar-refractivity contribution >= 4 is 34.0 Å². The molecule has 0 radical (unpaired) electrons. The lowest BCUT2D eigenvalue weighted by Crippen LogP contribution is -2.15. The maximum atomic E-state index is 12.8. The van der Waals surface area contributed by atoms with Crippen molar-refractivity contribution in [1.29, 1.82) is 5.26 Å². The SMILES string of the molecule is CCc1ccc(OC(C)c2nnc(SCC(=O)Nc3sc4c(c3C#N)CCC(CC)C4)n2CC)cc1. The number of thiophene rings is 1. The van der Waals surface area contributed by atoms with E-state index in [-0.39, 0.29) is 17.8 Å². The molecule has 0 spiro atoms. The number of carbonyl (C=O) groups is 1. The van der Waals surface area contributed by atoms with Crippen molar-refractivity contribution < 1.29 is 9.53 Å². The number of fused-ring (bicyclic) bond motifs is 1. The van der Waals surface area contributed by atoms with E-state index >= 15 is 0 Å². The van der Waals surface area contributed by atoms with Gasteiger partial charge in [-0.05, 0) is 68.7 Å². The highest BCUT2D eigenvalue weighted by molar-refractivity contribution is 7.99. The van der Waals surface area contributed by atoms with Gasteiger partial charge in [0.05, 0.1) is 11.3 Å². The van der Waals surface area contributed by atoms with Gasteiger partial charge in [0.2, 0.25) is 5.91 Å². The fourth-order valence-corrected chi connectivity index (χ4v) is 6.71. The maximum Gasteiger partial charge on any atom is 0.235 e. The van der Waals surface area contributed by atoms with Gasteiger partial charge in [-0.2, -0.15) is 5.26 Å². The molecule has 1 aromatic carbocycles. The van der Waals surface area contributed by atoms with Crippen LogP contribution >= 0.6 is 23.1 Å². The summed E-state index contributed by atoms with van der Waals surface area (Å²) in [6.07, 6.45) is 4.88. The topological polar surface area (TPSA) is 92.8 Å². The van der Waals surface area contributed by atoms with Crippen molar-refractivity contribution in [2.24, 2.45) is 5.92 Å². The largest absolute Gasteiger partial charge is 0.483 e. The molecule has 3 aromatic rings. The van der Waals surface area contributed by atoms with Crippen LogP contribution in [0.2, 0.25) is 0 Å². The third-order valence-electron chi connectivity index (χ3n) is 6.71. The number of hydrogen-bond donors (Lipinski definition) is 1. The fraction of sp³-hybridized carbons (Fsp3) is 0.481. The van der Waals surface area contributed by atoms with Crippen LogP contribution < -0.4 is 10.1 Å². The van der Waals surface area contributed by atoms with Crippen molar-refractivity contribution in [2.75, 3.05) is 11.1 Å². The van der Waals surface area contributed by atoms with E-state index in [0.29, 0.717) is 28.2 Å². The van der Waals surface area contributed by atoms with Gasteiger partial charge in [-0.3, -0.25) is 4.79 Å². The molecule has 1 amide bonds. The molecule has 0 aliphatic heterocycles. The number of aromatic nitrogens is 3. The van der Waals surface area contributed by atoms with Crippen molar-refractivity contribution in [3.8, 4) is 11.8 Å². The summed E-state index contributed by atoms with van der Waals surface area (Å²) in [5.74, 6) is 2.23. The molecule has 0 fully saturated rings. The Bertz CT molecular complexity index is 1240. The maximum absolute atomic E-state index is 12.8. The lowest BCUT2D eigenvalue weighted by Gasteiger charge is -2.20. The summed E-state index contributed by atoms with van der Waals surface area (Å²) in [7, 11) is 0. The second kappa shape index (κ2) is 11.9. The fourth-order valence-electron chi connectivity index (χ4n) is 4.57. The first-order valence-corrected chi connectivity index (χ1v) is 14.4. The van der Waals surface area contributed by atoms with E-state index in [1.54, 1.807) is 11.3 Å². The molecule has 9 heteroatoms. The summed E-state index contributed by atoms with van der Waals surface area (Å²) < 4.78 is 8.08. The van der Waals surface area contributed by atoms with Crippen molar-refractivity contribution in [2.45, 2.75) is 77.6 Å². The standard InChI is InChI=1S/C27H33N5O2S2/c1-5-18-8-11-20(12-9-18)34-17(4)25-30-31-27(32(25)7-3)35-16-24(33)29-26-22(15-28)21-13-10-19(6-2)14-23(21)36-26/h8-9,11-12,17,19H,5-7,10,13-14,16H2,1-4H3,(H,29,33). The van der Waals surface area contributed by atoms with E-state index < -0.39 is 0 Å². The molecule has 1 N–H and O–H groups in total. The smallest absolute Gasteiger partial charge is 0.235 e. The van der Waals surface area contributed by atoms with Gasteiger partial charge in [0.1, 0.15) is 16.8 Å². The normalized spacial score (nSPS) is 15.7. The highest BCUT2D eigenvalue weighted by Gasteiger charge is 2.26. The Labute approximate surface area is 221 Å². The molecule has 4 rings (SSSR count). The number of hydrogen-bond acceptors (Lipinski definition) is 7.